The summed E-state index contributed by atoms with van der Waals surface area (Å²) < 4.78 is 13.0. The molecule has 1 amide bonds. The molecule has 0 saturated carbocycles. The Morgan fingerprint density at radius 1 is 1.53 bits per heavy atom. The number of amides is 1. The quantitative estimate of drug-likeness (QED) is 0.825. The van der Waals surface area contributed by atoms with Crippen LogP contribution in [0.1, 0.15) is 38.3 Å². The molecule has 0 aliphatic rings. The van der Waals surface area contributed by atoms with Crippen LogP contribution in [0.2, 0.25) is 0 Å². The number of rotatable bonds is 5. The van der Waals surface area contributed by atoms with E-state index in [1.165, 1.54) is 12.1 Å². The van der Waals surface area contributed by atoms with Crippen molar-refractivity contribution in [2.45, 2.75) is 38.8 Å². The van der Waals surface area contributed by atoms with Crippen LogP contribution in [0.25, 0.3) is 0 Å². The summed E-state index contributed by atoms with van der Waals surface area (Å²) >= 11 is 0. The van der Waals surface area contributed by atoms with Crippen molar-refractivity contribution in [1.29, 1.82) is 0 Å². The zero-order valence-corrected chi connectivity index (χ0v) is 10.2. The summed E-state index contributed by atoms with van der Waals surface area (Å²) in [4.78, 5) is 11.7. The fourth-order valence-corrected chi connectivity index (χ4v) is 1.62. The van der Waals surface area contributed by atoms with Crippen molar-refractivity contribution in [1.82, 2.24) is 5.32 Å². The number of nitrogens with two attached hydrogens (primary N) is 1. The van der Waals surface area contributed by atoms with Crippen LogP contribution in [0.4, 0.5) is 4.39 Å². The van der Waals surface area contributed by atoms with E-state index < -0.39 is 6.04 Å². The third kappa shape index (κ3) is 4.15. The van der Waals surface area contributed by atoms with Gasteiger partial charge in [0.15, 0.2) is 0 Å². The van der Waals surface area contributed by atoms with Crippen LogP contribution in [0, 0.1) is 5.82 Å². The molecule has 1 rings (SSSR count). The second-order valence-corrected chi connectivity index (χ2v) is 4.18. The van der Waals surface area contributed by atoms with Gasteiger partial charge >= 0.3 is 0 Å². The van der Waals surface area contributed by atoms with Crippen LogP contribution in [0.5, 0.6) is 0 Å². The lowest BCUT2D eigenvalue weighted by Crippen LogP contribution is -2.41. The third-order valence-electron chi connectivity index (χ3n) is 2.64. The van der Waals surface area contributed by atoms with Crippen molar-refractivity contribution in [2.24, 2.45) is 5.73 Å². The molecule has 0 spiro atoms. The number of benzene rings is 1. The molecule has 3 nitrogen and oxygen atoms in total. The normalized spacial score (nSPS) is 14.1. The minimum Gasteiger partial charge on any atom is -0.348 e. The summed E-state index contributed by atoms with van der Waals surface area (Å²) in [6.07, 6.45) is 1.52. The van der Waals surface area contributed by atoms with Gasteiger partial charge in [-0.15, -0.1) is 0 Å². The molecule has 0 aliphatic carbocycles. The summed E-state index contributed by atoms with van der Waals surface area (Å²) in [6.45, 7) is 3.79. The maximum atomic E-state index is 13.0. The highest BCUT2D eigenvalue weighted by Gasteiger charge is 2.15. The van der Waals surface area contributed by atoms with Gasteiger partial charge in [-0.2, -0.15) is 0 Å². The summed E-state index contributed by atoms with van der Waals surface area (Å²) in [6, 6.07) is 5.47. The molecular weight excluding hydrogens is 219 g/mol. The average molecular weight is 238 g/mol. The zero-order valence-electron chi connectivity index (χ0n) is 10.2. The number of carbonyl (C=O) groups is 1. The fourth-order valence-electron chi connectivity index (χ4n) is 1.62. The molecule has 0 bridgehead atoms. The SMILES string of the molecule is CCCC(N)C(=O)N[C@@H](C)c1cccc(F)c1. The maximum absolute atomic E-state index is 13.0. The first kappa shape index (κ1) is 13.6. The van der Waals surface area contributed by atoms with Crippen LogP contribution in [-0.2, 0) is 4.79 Å². The maximum Gasteiger partial charge on any atom is 0.237 e. The van der Waals surface area contributed by atoms with Crippen molar-refractivity contribution >= 4 is 5.91 Å². The molecule has 0 saturated heterocycles. The van der Waals surface area contributed by atoms with Gasteiger partial charge in [0.05, 0.1) is 12.1 Å². The van der Waals surface area contributed by atoms with Crippen LogP contribution < -0.4 is 11.1 Å². The van der Waals surface area contributed by atoms with Crippen LogP contribution in [0.3, 0.4) is 0 Å². The Balaban J connectivity index is 2.60. The molecule has 0 heterocycles. The van der Waals surface area contributed by atoms with E-state index in [2.05, 4.69) is 5.32 Å². The van der Waals surface area contributed by atoms with Crippen molar-refractivity contribution in [3.05, 3.63) is 35.6 Å². The Kier molecular flexibility index (Phi) is 5.10. The van der Waals surface area contributed by atoms with Crippen molar-refractivity contribution in [3.8, 4) is 0 Å². The molecule has 0 radical (unpaired) electrons. The van der Waals surface area contributed by atoms with Gasteiger partial charge in [-0.05, 0) is 31.0 Å². The molecule has 0 fully saturated rings. The van der Waals surface area contributed by atoms with E-state index in [1.807, 2.05) is 13.8 Å². The largest absolute Gasteiger partial charge is 0.348 e. The first-order chi connectivity index (χ1) is 8.04. The molecule has 2 atom stereocenters. The van der Waals surface area contributed by atoms with Crippen molar-refractivity contribution in [3.63, 3.8) is 0 Å². The van der Waals surface area contributed by atoms with Crippen LogP contribution in [-0.4, -0.2) is 11.9 Å². The number of carbonyl (C=O) groups excluding carboxylic acids is 1. The lowest BCUT2D eigenvalue weighted by atomic mass is 10.1. The van der Waals surface area contributed by atoms with E-state index >= 15 is 0 Å². The average Bonchev–Trinajstić information content (AvgIpc) is 2.29. The molecule has 1 aromatic rings. The highest BCUT2D eigenvalue weighted by Crippen LogP contribution is 2.13. The first-order valence-electron chi connectivity index (χ1n) is 5.86. The van der Waals surface area contributed by atoms with Gasteiger partial charge < -0.3 is 11.1 Å². The van der Waals surface area contributed by atoms with E-state index in [1.54, 1.807) is 12.1 Å². The number of hydrogen-bond acceptors (Lipinski definition) is 2. The second kappa shape index (κ2) is 6.35. The van der Waals surface area contributed by atoms with Gasteiger partial charge in [0.25, 0.3) is 0 Å². The Labute approximate surface area is 101 Å². The van der Waals surface area contributed by atoms with Gasteiger partial charge in [-0.25, -0.2) is 4.39 Å². The minimum atomic E-state index is -0.490. The van der Waals surface area contributed by atoms with E-state index in [0.717, 1.165) is 12.0 Å². The lowest BCUT2D eigenvalue weighted by molar-refractivity contribution is -0.123. The monoisotopic (exact) mass is 238 g/mol. The van der Waals surface area contributed by atoms with Gasteiger partial charge in [0, 0.05) is 0 Å². The summed E-state index contributed by atoms with van der Waals surface area (Å²) in [7, 11) is 0. The fraction of sp³-hybridized carbons (Fsp3) is 0.462. The van der Waals surface area contributed by atoms with E-state index in [9.17, 15) is 9.18 Å². The molecule has 3 N–H and O–H groups in total. The molecule has 4 heteroatoms. The number of nitrogens with one attached hydrogen (secondary N) is 1. The van der Waals surface area contributed by atoms with Gasteiger partial charge in [-0.3, -0.25) is 4.79 Å². The molecule has 94 valence electrons. The Morgan fingerprint density at radius 2 is 2.24 bits per heavy atom. The second-order valence-electron chi connectivity index (χ2n) is 4.18. The highest BCUT2D eigenvalue weighted by atomic mass is 19.1. The van der Waals surface area contributed by atoms with E-state index in [4.69, 9.17) is 5.73 Å². The van der Waals surface area contributed by atoms with E-state index in [-0.39, 0.29) is 17.8 Å². The smallest absolute Gasteiger partial charge is 0.237 e. The predicted molar refractivity (Wildman–Crippen MR) is 65.8 cm³/mol. The molecule has 0 aromatic heterocycles. The molecular formula is C13H19FN2O. The standard InChI is InChI=1S/C13H19FN2O/c1-3-5-12(15)13(17)16-9(2)10-6-4-7-11(14)8-10/h4,6-9,12H,3,5,15H2,1-2H3,(H,16,17)/t9-,12?/m0/s1. The summed E-state index contributed by atoms with van der Waals surface area (Å²) in [5.41, 5.74) is 6.44. The minimum absolute atomic E-state index is 0.191. The lowest BCUT2D eigenvalue weighted by Gasteiger charge is -2.17. The first-order valence-corrected chi connectivity index (χ1v) is 5.86. The van der Waals surface area contributed by atoms with Gasteiger partial charge in [-0.1, -0.05) is 25.5 Å². The van der Waals surface area contributed by atoms with Gasteiger partial charge in [0.2, 0.25) is 5.91 Å². The Morgan fingerprint density at radius 3 is 2.82 bits per heavy atom. The highest BCUT2D eigenvalue weighted by molar-refractivity contribution is 5.81. The summed E-state index contributed by atoms with van der Waals surface area (Å²) in [5, 5.41) is 2.78. The van der Waals surface area contributed by atoms with Crippen molar-refractivity contribution < 1.29 is 9.18 Å². The van der Waals surface area contributed by atoms with Crippen LogP contribution in [0.15, 0.2) is 24.3 Å². The molecule has 1 aromatic carbocycles. The summed E-state index contributed by atoms with van der Waals surface area (Å²) in [5.74, 6) is -0.495. The van der Waals surface area contributed by atoms with Crippen molar-refractivity contribution in [2.75, 3.05) is 0 Å². The molecule has 1 unspecified atom stereocenters. The predicted octanol–water partition coefficient (Wildman–Crippen LogP) is 2.13. The third-order valence-corrected chi connectivity index (χ3v) is 2.64. The Hall–Kier alpha value is -1.42. The van der Waals surface area contributed by atoms with Crippen LogP contribution >= 0.6 is 0 Å². The van der Waals surface area contributed by atoms with Gasteiger partial charge in [0.1, 0.15) is 5.82 Å². The topological polar surface area (TPSA) is 55.1 Å². The number of halogens is 1. The zero-order chi connectivity index (χ0) is 12.8. The number of hydrogen-bond donors (Lipinski definition) is 2. The van der Waals surface area contributed by atoms with E-state index in [0.29, 0.717) is 6.42 Å². The Bertz CT molecular complexity index is 381. The molecule has 17 heavy (non-hydrogen) atoms. The molecule has 0 aliphatic heterocycles.